The highest BCUT2D eigenvalue weighted by atomic mass is 32.2. The molecular formula is C22H22N2O6S. The lowest BCUT2D eigenvalue weighted by atomic mass is 10.2. The Bertz CT molecular complexity index is 1100. The number of ether oxygens (including phenoxy) is 2. The Morgan fingerprint density at radius 3 is 2.58 bits per heavy atom. The van der Waals surface area contributed by atoms with Crippen LogP contribution in [-0.2, 0) is 19.1 Å². The van der Waals surface area contributed by atoms with Crippen LogP contribution in [0.2, 0.25) is 0 Å². The van der Waals surface area contributed by atoms with Gasteiger partial charge in [-0.2, -0.15) is 0 Å². The zero-order chi connectivity index (χ0) is 22.7. The van der Waals surface area contributed by atoms with Crippen molar-refractivity contribution in [1.82, 2.24) is 9.47 Å². The van der Waals surface area contributed by atoms with Crippen LogP contribution in [0.25, 0.3) is 11.8 Å². The molecule has 1 aliphatic rings. The van der Waals surface area contributed by atoms with Crippen molar-refractivity contribution in [2.24, 2.45) is 0 Å². The number of amides is 2. The SMILES string of the molecule is CCOC(=O)CN1C(=O)S/C(=C/c2cc(C)n(-c3cccc(C(=O)OC)c3)c2C)C1=O. The minimum atomic E-state index is -0.630. The van der Waals surface area contributed by atoms with Crippen LogP contribution in [0, 0.1) is 13.8 Å². The van der Waals surface area contributed by atoms with Gasteiger partial charge in [0.25, 0.3) is 11.1 Å². The van der Waals surface area contributed by atoms with Gasteiger partial charge in [0.15, 0.2) is 0 Å². The molecule has 0 spiro atoms. The van der Waals surface area contributed by atoms with Gasteiger partial charge in [-0.3, -0.25) is 19.3 Å². The molecule has 1 aliphatic heterocycles. The van der Waals surface area contributed by atoms with E-state index < -0.39 is 29.6 Å². The average molecular weight is 442 g/mol. The standard InChI is InChI=1S/C22H22N2O6S/c1-5-30-19(25)12-23-20(26)18(31-22(23)28)11-16-9-13(2)24(14(16)3)17-8-6-7-15(10-17)21(27)29-4/h6-11H,5,12H2,1-4H3/b18-11+. The number of esters is 2. The van der Waals surface area contributed by atoms with Crippen molar-refractivity contribution in [2.45, 2.75) is 20.8 Å². The molecule has 8 nitrogen and oxygen atoms in total. The summed E-state index contributed by atoms with van der Waals surface area (Å²) in [5.74, 6) is -1.59. The molecule has 0 bridgehead atoms. The van der Waals surface area contributed by atoms with E-state index >= 15 is 0 Å². The molecule has 0 aliphatic carbocycles. The first kappa shape index (κ1) is 22.4. The summed E-state index contributed by atoms with van der Waals surface area (Å²) in [5.41, 5.74) is 3.66. The molecule has 0 unspecified atom stereocenters. The first-order valence-electron chi connectivity index (χ1n) is 9.55. The fourth-order valence-corrected chi connectivity index (χ4v) is 4.16. The second kappa shape index (κ2) is 9.22. The third kappa shape index (κ3) is 4.56. The van der Waals surface area contributed by atoms with Gasteiger partial charge >= 0.3 is 11.9 Å². The van der Waals surface area contributed by atoms with Crippen molar-refractivity contribution in [3.8, 4) is 5.69 Å². The number of thioether (sulfide) groups is 1. The van der Waals surface area contributed by atoms with Crippen LogP contribution >= 0.6 is 11.8 Å². The number of benzene rings is 1. The first-order valence-corrected chi connectivity index (χ1v) is 10.4. The molecular weight excluding hydrogens is 420 g/mol. The van der Waals surface area contributed by atoms with Gasteiger partial charge in [0.1, 0.15) is 6.54 Å². The van der Waals surface area contributed by atoms with E-state index in [1.54, 1.807) is 31.2 Å². The Kier molecular flexibility index (Phi) is 6.65. The number of hydrogen-bond donors (Lipinski definition) is 0. The molecule has 0 N–H and O–H groups in total. The summed E-state index contributed by atoms with van der Waals surface area (Å²) < 4.78 is 11.6. The average Bonchev–Trinajstić information content (AvgIpc) is 3.17. The van der Waals surface area contributed by atoms with Gasteiger partial charge in [-0.15, -0.1) is 0 Å². The van der Waals surface area contributed by atoms with Crippen LogP contribution in [0.5, 0.6) is 0 Å². The molecule has 1 fully saturated rings. The van der Waals surface area contributed by atoms with Crippen molar-refractivity contribution >= 4 is 40.9 Å². The highest BCUT2D eigenvalue weighted by molar-refractivity contribution is 8.18. The number of hydrogen-bond acceptors (Lipinski definition) is 7. The summed E-state index contributed by atoms with van der Waals surface area (Å²) in [6.07, 6.45) is 1.64. The molecule has 1 aromatic heterocycles. The van der Waals surface area contributed by atoms with Crippen LogP contribution in [-0.4, -0.2) is 52.8 Å². The molecule has 1 aromatic carbocycles. The summed E-state index contributed by atoms with van der Waals surface area (Å²) >= 11 is 0.786. The Labute approximate surface area is 183 Å². The van der Waals surface area contributed by atoms with Crippen LogP contribution in [0.15, 0.2) is 35.2 Å². The van der Waals surface area contributed by atoms with Crippen LogP contribution < -0.4 is 0 Å². The van der Waals surface area contributed by atoms with Gasteiger partial charge in [-0.05, 0) is 68.4 Å². The van der Waals surface area contributed by atoms with Crippen molar-refractivity contribution in [3.63, 3.8) is 0 Å². The van der Waals surface area contributed by atoms with Crippen molar-refractivity contribution < 1.29 is 28.7 Å². The largest absolute Gasteiger partial charge is 0.465 e. The minimum Gasteiger partial charge on any atom is -0.465 e. The second-order valence-corrected chi connectivity index (χ2v) is 7.77. The van der Waals surface area contributed by atoms with Crippen LogP contribution in [0.4, 0.5) is 4.79 Å². The summed E-state index contributed by atoms with van der Waals surface area (Å²) in [6, 6.07) is 8.91. The maximum atomic E-state index is 12.6. The van der Waals surface area contributed by atoms with E-state index in [0.717, 1.165) is 39.3 Å². The summed E-state index contributed by atoms with van der Waals surface area (Å²) in [5, 5.41) is -0.510. The molecule has 2 amide bonds. The fraction of sp³-hybridized carbons (Fsp3) is 0.273. The first-order chi connectivity index (χ1) is 14.8. The molecule has 2 aromatic rings. The van der Waals surface area contributed by atoms with E-state index in [-0.39, 0.29) is 11.5 Å². The number of aromatic nitrogens is 1. The number of carbonyl (C=O) groups is 4. The molecule has 1 saturated heterocycles. The van der Waals surface area contributed by atoms with Gasteiger partial charge in [0.05, 0.1) is 24.2 Å². The number of carbonyl (C=O) groups excluding carboxylic acids is 4. The third-order valence-electron chi connectivity index (χ3n) is 4.75. The number of methoxy groups -OCH3 is 1. The molecule has 9 heteroatoms. The molecule has 162 valence electrons. The number of imide groups is 1. The Balaban J connectivity index is 1.92. The topological polar surface area (TPSA) is 94.9 Å². The zero-order valence-corrected chi connectivity index (χ0v) is 18.4. The van der Waals surface area contributed by atoms with E-state index in [1.165, 1.54) is 7.11 Å². The van der Waals surface area contributed by atoms with Crippen molar-refractivity contribution in [1.29, 1.82) is 0 Å². The zero-order valence-electron chi connectivity index (χ0n) is 17.6. The van der Waals surface area contributed by atoms with E-state index in [1.807, 2.05) is 30.5 Å². The van der Waals surface area contributed by atoms with Gasteiger partial charge in [-0.25, -0.2) is 4.79 Å². The van der Waals surface area contributed by atoms with Crippen LogP contribution in [0.3, 0.4) is 0 Å². The molecule has 0 saturated carbocycles. The van der Waals surface area contributed by atoms with Gasteiger partial charge in [-0.1, -0.05) is 6.07 Å². The van der Waals surface area contributed by atoms with Crippen LogP contribution in [0.1, 0.15) is 34.2 Å². The Hall–Kier alpha value is -3.33. The molecule has 0 atom stereocenters. The van der Waals surface area contributed by atoms with Gasteiger partial charge in [0, 0.05) is 17.1 Å². The molecule has 2 heterocycles. The predicted octanol–water partition coefficient (Wildman–Crippen LogP) is 3.48. The molecule has 0 radical (unpaired) electrons. The number of nitrogens with zero attached hydrogens (tertiary/aromatic N) is 2. The van der Waals surface area contributed by atoms with E-state index in [0.29, 0.717) is 5.56 Å². The van der Waals surface area contributed by atoms with E-state index in [9.17, 15) is 19.2 Å². The minimum absolute atomic E-state index is 0.175. The quantitative estimate of drug-likeness (QED) is 0.499. The van der Waals surface area contributed by atoms with Gasteiger partial charge < -0.3 is 14.0 Å². The summed E-state index contributed by atoms with van der Waals surface area (Å²) in [6.45, 7) is 5.21. The van der Waals surface area contributed by atoms with Crippen molar-refractivity contribution in [2.75, 3.05) is 20.3 Å². The maximum absolute atomic E-state index is 12.6. The Morgan fingerprint density at radius 1 is 1.16 bits per heavy atom. The third-order valence-corrected chi connectivity index (χ3v) is 5.66. The predicted molar refractivity (Wildman–Crippen MR) is 116 cm³/mol. The lowest BCUT2D eigenvalue weighted by molar-refractivity contribution is -0.145. The van der Waals surface area contributed by atoms with E-state index in [4.69, 9.17) is 9.47 Å². The Morgan fingerprint density at radius 2 is 1.90 bits per heavy atom. The monoisotopic (exact) mass is 442 g/mol. The smallest absolute Gasteiger partial charge is 0.337 e. The lowest BCUT2D eigenvalue weighted by Crippen LogP contribution is -2.34. The molecule has 31 heavy (non-hydrogen) atoms. The highest BCUT2D eigenvalue weighted by Gasteiger charge is 2.36. The van der Waals surface area contributed by atoms with Gasteiger partial charge in [0.2, 0.25) is 0 Å². The fourth-order valence-electron chi connectivity index (χ4n) is 3.33. The summed E-state index contributed by atoms with van der Waals surface area (Å²) in [4.78, 5) is 49.5. The summed E-state index contributed by atoms with van der Waals surface area (Å²) in [7, 11) is 1.33. The van der Waals surface area contributed by atoms with E-state index in [2.05, 4.69) is 0 Å². The lowest BCUT2D eigenvalue weighted by Gasteiger charge is -2.11. The highest BCUT2D eigenvalue weighted by Crippen LogP contribution is 2.33. The maximum Gasteiger partial charge on any atom is 0.337 e. The number of aryl methyl sites for hydroxylation is 1. The normalized spacial score (nSPS) is 15.0. The molecule has 3 rings (SSSR count). The second-order valence-electron chi connectivity index (χ2n) is 6.78. The van der Waals surface area contributed by atoms with Crippen molar-refractivity contribution in [3.05, 3.63) is 57.8 Å². The number of rotatable bonds is 6.